The lowest BCUT2D eigenvalue weighted by Crippen LogP contribution is -2.14. The molecule has 0 aliphatic carbocycles. The van der Waals surface area contributed by atoms with Crippen molar-refractivity contribution in [1.29, 1.82) is 0 Å². The molecule has 7 nitrogen and oxygen atoms in total. The first-order valence-electron chi connectivity index (χ1n) is 5.75. The van der Waals surface area contributed by atoms with E-state index in [0.717, 1.165) is 6.07 Å². The third-order valence-electron chi connectivity index (χ3n) is 2.38. The molecule has 108 valence electrons. The predicted octanol–water partition coefficient (Wildman–Crippen LogP) is 1.17. The maximum atomic E-state index is 12.5. The van der Waals surface area contributed by atoms with Gasteiger partial charge in [-0.1, -0.05) is 5.21 Å². The van der Waals surface area contributed by atoms with Gasteiger partial charge in [0.1, 0.15) is 5.82 Å². The topological polar surface area (TPSA) is 94.5 Å². The van der Waals surface area contributed by atoms with Crippen molar-refractivity contribution >= 4 is 11.8 Å². The standard InChI is InChI=1S/C10H12F3N7/c11-10(12,13)7-6-8(18-9(14)17-7)15-2-1-4-20-5-3-16-19-20/h3,5-6H,1-2,4H2,(H3,14,15,17,18). The van der Waals surface area contributed by atoms with Gasteiger partial charge >= 0.3 is 6.18 Å². The van der Waals surface area contributed by atoms with E-state index in [2.05, 4.69) is 25.6 Å². The Morgan fingerprint density at radius 3 is 2.75 bits per heavy atom. The molecule has 20 heavy (non-hydrogen) atoms. The molecule has 0 aromatic carbocycles. The Hall–Kier alpha value is -2.39. The van der Waals surface area contributed by atoms with E-state index >= 15 is 0 Å². The third kappa shape index (κ3) is 3.80. The molecule has 0 aliphatic heterocycles. The van der Waals surface area contributed by atoms with Gasteiger partial charge in [-0.15, -0.1) is 5.10 Å². The summed E-state index contributed by atoms with van der Waals surface area (Å²) in [6, 6.07) is 0.825. The van der Waals surface area contributed by atoms with Gasteiger partial charge in [0, 0.05) is 25.4 Å². The second-order valence-electron chi connectivity index (χ2n) is 3.94. The van der Waals surface area contributed by atoms with Crippen molar-refractivity contribution in [3.8, 4) is 0 Å². The molecule has 0 aliphatic rings. The number of nitrogen functional groups attached to an aromatic ring is 1. The molecule has 0 saturated carbocycles. The van der Waals surface area contributed by atoms with Crippen LogP contribution in [0.5, 0.6) is 0 Å². The highest BCUT2D eigenvalue weighted by Gasteiger charge is 2.33. The third-order valence-corrected chi connectivity index (χ3v) is 2.38. The first-order chi connectivity index (χ1) is 9.45. The number of nitrogens with one attached hydrogen (secondary N) is 1. The van der Waals surface area contributed by atoms with Crippen LogP contribution in [0.1, 0.15) is 12.1 Å². The highest BCUT2D eigenvalue weighted by atomic mass is 19.4. The Labute approximate surface area is 112 Å². The van der Waals surface area contributed by atoms with Gasteiger partial charge in [0.25, 0.3) is 0 Å². The fraction of sp³-hybridized carbons (Fsp3) is 0.400. The number of aryl methyl sites for hydroxylation is 1. The molecule has 0 spiro atoms. The quantitative estimate of drug-likeness (QED) is 0.802. The van der Waals surface area contributed by atoms with Crippen molar-refractivity contribution in [3.63, 3.8) is 0 Å². The van der Waals surface area contributed by atoms with Gasteiger partial charge in [0.2, 0.25) is 5.95 Å². The summed E-state index contributed by atoms with van der Waals surface area (Å²) in [5, 5.41) is 10.2. The molecule has 10 heteroatoms. The summed E-state index contributed by atoms with van der Waals surface area (Å²) in [6.45, 7) is 1.02. The number of nitrogens with zero attached hydrogens (tertiary/aromatic N) is 5. The highest BCUT2D eigenvalue weighted by molar-refractivity contribution is 5.41. The monoisotopic (exact) mass is 287 g/mol. The zero-order valence-electron chi connectivity index (χ0n) is 10.3. The van der Waals surface area contributed by atoms with Gasteiger partial charge in [-0.25, -0.2) is 4.98 Å². The van der Waals surface area contributed by atoms with Gasteiger partial charge in [-0.2, -0.15) is 18.2 Å². The van der Waals surface area contributed by atoms with Crippen molar-refractivity contribution in [3.05, 3.63) is 24.2 Å². The maximum Gasteiger partial charge on any atom is 0.433 e. The number of halogens is 3. The predicted molar refractivity (Wildman–Crippen MR) is 64.6 cm³/mol. The van der Waals surface area contributed by atoms with Crippen molar-refractivity contribution in [2.75, 3.05) is 17.6 Å². The molecular formula is C10H12F3N7. The minimum Gasteiger partial charge on any atom is -0.370 e. The zero-order chi connectivity index (χ0) is 14.6. The van der Waals surface area contributed by atoms with E-state index < -0.39 is 17.8 Å². The summed E-state index contributed by atoms with van der Waals surface area (Å²) < 4.78 is 39.2. The van der Waals surface area contributed by atoms with Crippen LogP contribution < -0.4 is 11.1 Å². The number of hydrogen-bond acceptors (Lipinski definition) is 6. The molecule has 0 unspecified atom stereocenters. The number of aromatic nitrogens is 5. The average Bonchev–Trinajstić information content (AvgIpc) is 2.86. The highest BCUT2D eigenvalue weighted by Crippen LogP contribution is 2.29. The number of hydrogen-bond donors (Lipinski definition) is 2. The molecule has 0 bridgehead atoms. The Bertz CT molecular complexity index is 552. The summed E-state index contributed by atoms with van der Waals surface area (Å²) >= 11 is 0. The van der Waals surface area contributed by atoms with E-state index in [0.29, 0.717) is 19.5 Å². The van der Waals surface area contributed by atoms with Crippen molar-refractivity contribution in [1.82, 2.24) is 25.0 Å². The molecule has 0 atom stereocenters. The molecule has 0 radical (unpaired) electrons. The van der Waals surface area contributed by atoms with Crippen LogP contribution in [0.15, 0.2) is 18.5 Å². The Morgan fingerprint density at radius 2 is 2.10 bits per heavy atom. The molecule has 3 N–H and O–H groups in total. The second-order valence-corrected chi connectivity index (χ2v) is 3.94. The van der Waals surface area contributed by atoms with Gasteiger partial charge in [-0.05, 0) is 6.42 Å². The first-order valence-corrected chi connectivity index (χ1v) is 5.75. The van der Waals surface area contributed by atoms with Gasteiger partial charge < -0.3 is 11.1 Å². The Balaban J connectivity index is 1.91. The van der Waals surface area contributed by atoms with Crippen LogP contribution in [-0.2, 0) is 12.7 Å². The number of alkyl halides is 3. The summed E-state index contributed by atoms with van der Waals surface area (Å²) in [5.41, 5.74) is 4.19. The summed E-state index contributed by atoms with van der Waals surface area (Å²) in [5.74, 6) is -0.373. The molecule has 0 saturated heterocycles. The molecule has 0 fully saturated rings. The number of nitrogens with two attached hydrogens (primary N) is 1. The average molecular weight is 287 g/mol. The van der Waals surface area contributed by atoms with Crippen LogP contribution in [0, 0.1) is 0 Å². The largest absolute Gasteiger partial charge is 0.433 e. The van der Waals surface area contributed by atoms with E-state index in [4.69, 9.17) is 5.73 Å². The van der Waals surface area contributed by atoms with Crippen LogP contribution in [0.25, 0.3) is 0 Å². The van der Waals surface area contributed by atoms with E-state index in [1.54, 1.807) is 17.1 Å². The van der Waals surface area contributed by atoms with E-state index in [1.165, 1.54) is 0 Å². The Morgan fingerprint density at radius 1 is 1.30 bits per heavy atom. The minimum atomic E-state index is -4.55. The molecule has 0 amide bonds. The lowest BCUT2D eigenvalue weighted by Gasteiger charge is -2.10. The molecule has 2 rings (SSSR count). The van der Waals surface area contributed by atoms with E-state index in [1.807, 2.05) is 0 Å². The van der Waals surface area contributed by atoms with Crippen LogP contribution in [0.2, 0.25) is 0 Å². The van der Waals surface area contributed by atoms with Crippen LogP contribution in [-0.4, -0.2) is 31.5 Å². The fourth-order valence-electron chi connectivity index (χ4n) is 1.51. The van der Waals surface area contributed by atoms with Crippen molar-refractivity contribution in [2.24, 2.45) is 0 Å². The molecule has 2 aromatic heterocycles. The SMILES string of the molecule is Nc1nc(NCCCn2ccnn2)cc(C(F)(F)F)n1. The van der Waals surface area contributed by atoms with Crippen LogP contribution in [0.3, 0.4) is 0 Å². The van der Waals surface area contributed by atoms with E-state index in [-0.39, 0.29) is 5.82 Å². The second kappa shape index (κ2) is 5.72. The zero-order valence-corrected chi connectivity index (χ0v) is 10.3. The van der Waals surface area contributed by atoms with Crippen LogP contribution in [0.4, 0.5) is 24.9 Å². The lowest BCUT2D eigenvalue weighted by molar-refractivity contribution is -0.141. The number of rotatable bonds is 5. The number of anilines is 2. The van der Waals surface area contributed by atoms with E-state index in [9.17, 15) is 13.2 Å². The van der Waals surface area contributed by atoms with Crippen molar-refractivity contribution in [2.45, 2.75) is 19.1 Å². The van der Waals surface area contributed by atoms with Gasteiger partial charge in [-0.3, -0.25) is 4.68 Å². The fourth-order valence-corrected chi connectivity index (χ4v) is 1.51. The van der Waals surface area contributed by atoms with Crippen LogP contribution >= 0.6 is 0 Å². The Kier molecular flexibility index (Phi) is 4.01. The molecule has 2 aromatic rings. The summed E-state index contributed by atoms with van der Waals surface area (Å²) in [7, 11) is 0. The lowest BCUT2D eigenvalue weighted by atomic mass is 10.3. The minimum absolute atomic E-state index is 0.0448. The smallest absolute Gasteiger partial charge is 0.370 e. The maximum absolute atomic E-state index is 12.5. The summed E-state index contributed by atoms with van der Waals surface area (Å²) in [6.07, 6.45) is -0.651. The molecular weight excluding hydrogens is 275 g/mol. The first kappa shape index (κ1) is 14.0. The van der Waals surface area contributed by atoms with Crippen molar-refractivity contribution < 1.29 is 13.2 Å². The summed E-state index contributed by atoms with van der Waals surface area (Å²) in [4.78, 5) is 6.86. The van der Waals surface area contributed by atoms with Gasteiger partial charge in [0.05, 0.1) is 6.20 Å². The van der Waals surface area contributed by atoms with Gasteiger partial charge in [0.15, 0.2) is 5.69 Å². The molecule has 2 heterocycles. The normalized spacial score (nSPS) is 11.6.